The summed E-state index contributed by atoms with van der Waals surface area (Å²) >= 11 is -1.90. The molecule has 0 aliphatic carbocycles. The molecule has 21 heavy (non-hydrogen) atoms. The molecule has 2 aromatic rings. The predicted octanol–water partition coefficient (Wildman–Crippen LogP) is 4.53. The Bertz CT molecular complexity index is 622. The molecule has 1 aromatic heterocycles. The average Bonchev–Trinajstić information content (AvgIpc) is 2.70. The zero-order valence-electron chi connectivity index (χ0n) is 12.6. The fourth-order valence-electron chi connectivity index (χ4n) is 2.26. The third-order valence-corrected chi connectivity index (χ3v) is 7.31. The third kappa shape index (κ3) is 4.25. The summed E-state index contributed by atoms with van der Waals surface area (Å²) in [4.78, 5) is 10.8. The first-order valence-electron chi connectivity index (χ1n) is 6.76. The Morgan fingerprint density at radius 2 is 1.67 bits per heavy atom. The van der Waals surface area contributed by atoms with E-state index in [2.05, 4.69) is 19.8 Å². The number of hydrogen-bond acceptors (Lipinski definition) is 1. The van der Waals surface area contributed by atoms with Crippen LogP contribution in [0.25, 0.3) is 11.4 Å². The van der Waals surface area contributed by atoms with Crippen molar-refractivity contribution in [3.63, 3.8) is 0 Å². The van der Waals surface area contributed by atoms with Gasteiger partial charge in [0, 0.05) is 0 Å². The molecule has 2 nitrogen and oxygen atoms in total. The van der Waals surface area contributed by atoms with E-state index in [0.29, 0.717) is 11.4 Å². The minimum absolute atomic E-state index is 0.341. The maximum atomic E-state index is 12.7. The van der Waals surface area contributed by atoms with E-state index in [-0.39, 0.29) is 0 Å². The van der Waals surface area contributed by atoms with Crippen LogP contribution in [0.4, 0.5) is 13.2 Å². The normalized spacial score (nSPS) is 12.7. The van der Waals surface area contributed by atoms with Crippen LogP contribution in [0.2, 0.25) is 14.8 Å². The molecule has 0 radical (unpaired) electrons. The van der Waals surface area contributed by atoms with Crippen molar-refractivity contribution in [2.24, 2.45) is 7.05 Å². The standard InChI is InChI=1S/C12H10F3N2.3CH3.Sn/c1-8-3-5-9(6-4-8)11-16-10(7-17(11)2)12(13,14)15;;;;/h3-7H,1H2,2H3;3*1H3;. The van der Waals surface area contributed by atoms with Crippen molar-refractivity contribution in [1.82, 2.24) is 9.55 Å². The van der Waals surface area contributed by atoms with Gasteiger partial charge in [-0.1, -0.05) is 0 Å². The molecule has 0 N–H and O–H groups in total. The zero-order valence-corrected chi connectivity index (χ0v) is 15.5. The SMILES string of the molecule is Cn1cc(C(F)(F)F)nc1-c1ccc([CH2][Sn]([CH3])([CH3])[CH3])cc1. The van der Waals surface area contributed by atoms with Gasteiger partial charge in [0.15, 0.2) is 0 Å². The van der Waals surface area contributed by atoms with E-state index in [1.807, 2.05) is 24.3 Å². The van der Waals surface area contributed by atoms with Crippen molar-refractivity contribution in [1.29, 1.82) is 0 Å². The predicted molar refractivity (Wildman–Crippen MR) is 80.7 cm³/mol. The number of hydrogen-bond donors (Lipinski definition) is 0. The van der Waals surface area contributed by atoms with E-state index < -0.39 is 30.2 Å². The van der Waals surface area contributed by atoms with Crippen LogP contribution in [-0.2, 0) is 17.7 Å². The van der Waals surface area contributed by atoms with Crippen molar-refractivity contribution in [3.8, 4) is 11.4 Å². The number of halogens is 3. The van der Waals surface area contributed by atoms with Crippen LogP contribution >= 0.6 is 0 Å². The zero-order chi connectivity index (χ0) is 15.8. The Morgan fingerprint density at radius 3 is 2.10 bits per heavy atom. The molecule has 0 aliphatic rings. The van der Waals surface area contributed by atoms with Crippen molar-refractivity contribution >= 4 is 18.4 Å². The van der Waals surface area contributed by atoms with Gasteiger partial charge in [-0.15, -0.1) is 0 Å². The molecule has 1 aromatic carbocycles. The molecule has 1 heterocycles. The summed E-state index contributed by atoms with van der Waals surface area (Å²) in [5.41, 5.74) is 1.11. The van der Waals surface area contributed by atoms with Crippen LogP contribution in [0.15, 0.2) is 30.5 Å². The molecular formula is C15H19F3N2Sn. The molecule has 2 rings (SSSR count). The van der Waals surface area contributed by atoms with Crippen LogP contribution in [0.5, 0.6) is 0 Å². The number of imidazole rings is 1. The van der Waals surface area contributed by atoms with Gasteiger partial charge in [0.05, 0.1) is 0 Å². The van der Waals surface area contributed by atoms with Gasteiger partial charge in [0.1, 0.15) is 0 Å². The second kappa shape index (κ2) is 5.66. The number of aromatic nitrogens is 2. The third-order valence-electron chi connectivity index (χ3n) is 3.11. The summed E-state index contributed by atoms with van der Waals surface area (Å²) in [6.07, 6.45) is -3.38. The summed E-state index contributed by atoms with van der Waals surface area (Å²) in [6, 6.07) is 7.71. The van der Waals surface area contributed by atoms with E-state index in [0.717, 1.165) is 10.6 Å². The molecule has 0 aliphatic heterocycles. The average molecular weight is 403 g/mol. The van der Waals surface area contributed by atoms with Gasteiger partial charge in [0.2, 0.25) is 0 Å². The fourth-order valence-corrected chi connectivity index (χ4v) is 6.42. The molecule has 0 saturated heterocycles. The topological polar surface area (TPSA) is 17.8 Å². The van der Waals surface area contributed by atoms with Crippen molar-refractivity contribution < 1.29 is 13.2 Å². The van der Waals surface area contributed by atoms with Gasteiger partial charge in [-0.2, -0.15) is 0 Å². The van der Waals surface area contributed by atoms with Crippen molar-refractivity contribution in [3.05, 3.63) is 41.7 Å². The van der Waals surface area contributed by atoms with Crippen LogP contribution < -0.4 is 0 Å². The van der Waals surface area contributed by atoms with Crippen LogP contribution in [0.1, 0.15) is 11.3 Å². The van der Waals surface area contributed by atoms with Gasteiger partial charge >= 0.3 is 127 Å². The Balaban J connectivity index is 2.29. The van der Waals surface area contributed by atoms with E-state index in [4.69, 9.17) is 0 Å². The second-order valence-electron chi connectivity index (χ2n) is 6.49. The van der Waals surface area contributed by atoms with Crippen molar-refractivity contribution in [2.75, 3.05) is 0 Å². The van der Waals surface area contributed by atoms with E-state index in [9.17, 15) is 13.2 Å². The molecule has 0 saturated carbocycles. The van der Waals surface area contributed by atoms with Crippen LogP contribution in [-0.4, -0.2) is 27.9 Å². The maximum absolute atomic E-state index is 12.7. The fraction of sp³-hybridized carbons (Fsp3) is 0.400. The minimum atomic E-state index is -4.41. The van der Waals surface area contributed by atoms with Gasteiger partial charge < -0.3 is 0 Å². The van der Waals surface area contributed by atoms with E-state index in [1.165, 1.54) is 10.1 Å². The van der Waals surface area contributed by atoms with Gasteiger partial charge in [-0.05, 0) is 0 Å². The molecule has 0 atom stereocenters. The molecule has 0 fully saturated rings. The Labute approximate surface area is 126 Å². The first-order chi connectivity index (χ1) is 9.56. The monoisotopic (exact) mass is 404 g/mol. The molecule has 114 valence electrons. The molecular weight excluding hydrogens is 384 g/mol. The number of aryl methyl sites for hydroxylation is 1. The first kappa shape index (κ1) is 16.4. The van der Waals surface area contributed by atoms with Gasteiger partial charge in [-0.25, -0.2) is 0 Å². The Morgan fingerprint density at radius 1 is 1.10 bits per heavy atom. The summed E-state index contributed by atoms with van der Waals surface area (Å²) < 4.78 is 40.6. The Kier molecular flexibility index (Phi) is 4.42. The van der Waals surface area contributed by atoms with Crippen LogP contribution in [0, 0.1) is 0 Å². The van der Waals surface area contributed by atoms with Crippen molar-refractivity contribution in [2.45, 2.75) is 25.4 Å². The summed E-state index contributed by atoms with van der Waals surface area (Å²) in [5.74, 6) is 0.341. The quantitative estimate of drug-likeness (QED) is 0.690. The summed E-state index contributed by atoms with van der Waals surface area (Å²) in [7, 11) is 1.58. The van der Waals surface area contributed by atoms with Crippen LogP contribution in [0.3, 0.4) is 0 Å². The second-order valence-corrected chi connectivity index (χ2v) is 22.1. The molecule has 0 bridgehead atoms. The number of benzene rings is 1. The van der Waals surface area contributed by atoms with E-state index >= 15 is 0 Å². The number of nitrogens with zero attached hydrogens (tertiary/aromatic N) is 2. The molecule has 6 heteroatoms. The van der Waals surface area contributed by atoms with E-state index in [1.54, 1.807) is 7.05 Å². The molecule has 0 unspecified atom stereocenters. The number of rotatable bonds is 3. The first-order valence-corrected chi connectivity index (χ1v) is 17.3. The van der Waals surface area contributed by atoms with Gasteiger partial charge in [0.25, 0.3) is 0 Å². The molecule has 0 spiro atoms. The van der Waals surface area contributed by atoms with Gasteiger partial charge in [-0.3, -0.25) is 0 Å². The number of alkyl halides is 3. The summed E-state index contributed by atoms with van der Waals surface area (Å²) in [5, 5.41) is 0. The summed E-state index contributed by atoms with van der Waals surface area (Å²) in [6.45, 7) is 0. The molecule has 0 amide bonds. The Hall–Kier alpha value is -0.981.